The van der Waals surface area contributed by atoms with Crippen molar-refractivity contribution < 1.29 is 9.59 Å². The van der Waals surface area contributed by atoms with Crippen molar-refractivity contribution >= 4 is 29.8 Å². The highest BCUT2D eigenvalue weighted by Gasteiger charge is 2.01. The topological polar surface area (TPSA) is 73.8 Å². The lowest BCUT2D eigenvalue weighted by Crippen LogP contribution is -2.34. The van der Waals surface area contributed by atoms with Crippen LogP contribution < -0.4 is 15.6 Å². The van der Waals surface area contributed by atoms with Crippen LogP contribution in [0.25, 0.3) is 6.08 Å². The number of hydrogen-bond acceptors (Lipinski definition) is 4. The molecule has 0 aromatic heterocycles. The number of benzene rings is 2. The minimum atomic E-state index is -0.396. The van der Waals surface area contributed by atoms with E-state index in [0.29, 0.717) is 0 Å². The predicted octanol–water partition coefficient (Wildman–Crippen LogP) is 2.03. The fraction of sp³-hybridized carbons (Fsp3) is 0.150. The number of carbonyl (C=O) groups excluding carboxylic acids is 2. The summed E-state index contributed by atoms with van der Waals surface area (Å²) in [5.74, 6) is -0.736. The van der Waals surface area contributed by atoms with Gasteiger partial charge in [0.2, 0.25) is 5.91 Å². The Balaban J connectivity index is 1.73. The zero-order valence-electron chi connectivity index (χ0n) is 14.8. The van der Waals surface area contributed by atoms with Crippen LogP contribution in [0.4, 0.5) is 5.69 Å². The molecule has 6 heteroatoms. The number of hydrazone groups is 1. The maximum Gasteiger partial charge on any atom is 0.259 e. The van der Waals surface area contributed by atoms with Crippen molar-refractivity contribution in [1.82, 2.24) is 10.7 Å². The molecule has 0 bridgehead atoms. The molecule has 0 unspecified atom stereocenters. The van der Waals surface area contributed by atoms with Gasteiger partial charge in [0, 0.05) is 25.9 Å². The van der Waals surface area contributed by atoms with Crippen molar-refractivity contribution in [2.75, 3.05) is 25.5 Å². The summed E-state index contributed by atoms with van der Waals surface area (Å²) in [4.78, 5) is 25.4. The van der Waals surface area contributed by atoms with Gasteiger partial charge in [0.1, 0.15) is 0 Å². The molecule has 0 fully saturated rings. The van der Waals surface area contributed by atoms with Crippen LogP contribution in [0.1, 0.15) is 11.1 Å². The quantitative estimate of drug-likeness (QED) is 0.456. The summed E-state index contributed by atoms with van der Waals surface area (Å²) >= 11 is 0. The molecule has 134 valence electrons. The van der Waals surface area contributed by atoms with Gasteiger partial charge in [-0.15, -0.1) is 0 Å². The third-order valence-electron chi connectivity index (χ3n) is 3.46. The predicted molar refractivity (Wildman–Crippen MR) is 105 cm³/mol. The minimum absolute atomic E-state index is 0.144. The maximum atomic E-state index is 11.7. The minimum Gasteiger partial charge on any atom is -0.378 e. The highest BCUT2D eigenvalue weighted by Crippen LogP contribution is 2.10. The monoisotopic (exact) mass is 350 g/mol. The summed E-state index contributed by atoms with van der Waals surface area (Å²) in [6.07, 6.45) is 4.62. The van der Waals surface area contributed by atoms with Crippen molar-refractivity contribution in [3.8, 4) is 0 Å². The summed E-state index contributed by atoms with van der Waals surface area (Å²) in [6, 6.07) is 17.2. The first-order valence-corrected chi connectivity index (χ1v) is 8.15. The Morgan fingerprint density at radius 1 is 1.00 bits per heavy atom. The fourth-order valence-corrected chi connectivity index (χ4v) is 2.04. The molecular weight excluding hydrogens is 328 g/mol. The largest absolute Gasteiger partial charge is 0.378 e. The molecule has 0 atom stereocenters. The van der Waals surface area contributed by atoms with E-state index in [0.717, 1.165) is 16.8 Å². The first-order valence-electron chi connectivity index (χ1n) is 8.15. The molecule has 0 saturated carbocycles. The van der Waals surface area contributed by atoms with Crippen LogP contribution in [0, 0.1) is 0 Å². The number of nitrogens with one attached hydrogen (secondary N) is 2. The van der Waals surface area contributed by atoms with E-state index in [9.17, 15) is 9.59 Å². The SMILES string of the molecule is CN(C)c1ccc(C=NNC(=O)CNC(=O)C=Cc2ccccc2)cc1. The summed E-state index contributed by atoms with van der Waals surface area (Å²) in [5.41, 5.74) is 5.24. The molecule has 6 nitrogen and oxygen atoms in total. The number of amides is 2. The van der Waals surface area contributed by atoms with Crippen molar-refractivity contribution in [3.05, 3.63) is 71.8 Å². The van der Waals surface area contributed by atoms with Crippen molar-refractivity contribution in [3.63, 3.8) is 0 Å². The van der Waals surface area contributed by atoms with Crippen LogP contribution in [0.15, 0.2) is 65.8 Å². The van der Waals surface area contributed by atoms with E-state index in [2.05, 4.69) is 15.8 Å². The number of rotatable bonds is 7. The van der Waals surface area contributed by atoms with Gasteiger partial charge in [-0.25, -0.2) is 5.43 Å². The van der Waals surface area contributed by atoms with Gasteiger partial charge in [-0.3, -0.25) is 9.59 Å². The summed E-state index contributed by atoms with van der Waals surface area (Å²) < 4.78 is 0. The van der Waals surface area contributed by atoms with Crippen LogP contribution in [-0.4, -0.2) is 38.7 Å². The zero-order valence-corrected chi connectivity index (χ0v) is 14.8. The summed E-state index contributed by atoms with van der Waals surface area (Å²) in [7, 11) is 3.93. The third kappa shape index (κ3) is 6.60. The van der Waals surface area contributed by atoms with Gasteiger partial charge in [-0.1, -0.05) is 42.5 Å². The highest BCUT2D eigenvalue weighted by molar-refractivity contribution is 5.94. The average Bonchev–Trinajstić information content (AvgIpc) is 2.66. The van der Waals surface area contributed by atoms with E-state index in [1.165, 1.54) is 6.08 Å². The second kappa shape index (κ2) is 9.78. The molecule has 2 rings (SSSR count). The van der Waals surface area contributed by atoms with Crippen LogP contribution in [0.5, 0.6) is 0 Å². The summed E-state index contributed by atoms with van der Waals surface area (Å²) in [5, 5.41) is 6.38. The molecule has 0 radical (unpaired) electrons. The molecule has 0 aliphatic rings. The van der Waals surface area contributed by atoms with E-state index < -0.39 is 5.91 Å². The Kier molecular flexibility index (Phi) is 7.12. The van der Waals surface area contributed by atoms with E-state index >= 15 is 0 Å². The van der Waals surface area contributed by atoms with Gasteiger partial charge in [0.15, 0.2) is 0 Å². The van der Waals surface area contributed by atoms with Gasteiger partial charge >= 0.3 is 0 Å². The molecule has 0 aliphatic heterocycles. The Bertz CT molecular complexity index is 781. The van der Waals surface area contributed by atoms with Crippen molar-refractivity contribution in [2.24, 2.45) is 5.10 Å². The second-order valence-corrected chi connectivity index (χ2v) is 5.74. The molecule has 0 aliphatic carbocycles. The van der Waals surface area contributed by atoms with Crippen LogP contribution in [0.2, 0.25) is 0 Å². The first-order chi connectivity index (χ1) is 12.5. The van der Waals surface area contributed by atoms with E-state index in [4.69, 9.17) is 0 Å². The van der Waals surface area contributed by atoms with Crippen LogP contribution >= 0.6 is 0 Å². The average molecular weight is 350 g/mol. The number of hydrogen-bond donors (Lipinski definition) is 2. The standard InChI is InChI=1S/C20H22N4O2/c1-24(2)18-11-8-17(9-12-18)14-22-23-20(26)15-21-19(25)13-10-16-6-4-3-5-7-16/h3-14H,15H2,1-2H3,(H,21,25)(H,23,26). The van der Waals surface area contributed by atoms with E-state index in [-0.39, 0.29) is 12.5 Å². The van der Waals surface area contributed by atoms with Gasteiger partial charge in [0.05, 0.1) is 12.8 Å². The molecule has 0 heterocycles. The molecule has 2 aromatic carbocycles. The maximum absolute atomic E-state index is 11.7. The van der Waals surface area contributed by atoms with E-state index in [1.807, 2.05) is 73.6 Å². The molecule has 0 saturated heterocycles. The summed E-state index contributed by atoms with van der Waals surface area (Å²) in [6.45, 7) is -0.144. The lowest BCUT2D eigenvalue weighted by atomic mass is 10.2. The Morgan fingerprint density at radius 3 is 2.35 bits per heavy atom. The van der Waals surface area contributed by atoms with Crippen molar-refractivity contribution in [1.29, 1.82) is 0 Å². The van der Waals surface area contributed by atoms with Gasteiger partial charge in [-0.05, 0) is 29.3 Å². The normalized spacial score (nSPS) is 10.8. The second-order valence-electron chi connectivity index (χ2n) is 5.74. The molecule has 0 spiro atoms. The molecule has 2 N–H and O–H groups in total. The Morgan fingerprint density at radius 2 is 1.69 bits per heavy atom. The van der Waals surface area contributed by atoms with Crippen molar-refractivity contribution in [2.45, 2.75) is 0 Å². The number of nitrogens with zero attached hydrogens (tertiary/aromatic N) is 2. The molecule has 2 amide bonds. The zero-order chi connectivity index (χ0) is 18.8. The van der Waals surface area contributed by atoms with Crippen LogP contribution in [0.3, 0.4) is 0 Å². The lowest BCUT2D eigenvalue weighted by Gasteiger charge is -2.11. The fourth-order valence-electron chi connectivity index (χ4n) is 2.04. The van der Waals surface area contributed by atoms with Crippen LogP contribution in [-0.2, 0) is 9.59 Å². The Labute approximate surface area is 153 Å². The smallest absolute Gasteiger partial charge is 0.259 e. The third-order valence-corrected chi connectivity index (χ3v) is 3.46. The van der Waals surface area contributed by atoms with E-state index in [1.54, 1.807) is 12.3 Å². The molecule has 2 aromatic rings. The molecule has 26 heavy (non-hydrogen) atoms. The molecular formula is C20H22N4O2. The van der Waals surface area contributed by atoms with Gasteiger partial charge in [0.25, 0.3) is 5.91 Å². The van der Waals surface area contributed by atoms with Gasteiger partial charge < -0.3 is 10.2 Å². The van der Waals surface area contributed by atoms with Gasteiger partial charge in [-0.2, -0.15) is 5.10 Å². The lowest BCUT2D eigenvalue weighted by molar-refractivity contribution is -0.123. The number of anilines is 1. The first kappa shape index (κ1) is 18.9. The number of carbonyl (C=O) groups is 2. The highest BCUT2D eigenvalue weighted by atomic mass is 16.2. The Hall–Kier alpha value is -3.41.